The number of aromatic hydroxyl groups is 2. The SMILES string of the molecule is Cc1ccc(-n2c(O)cc(Sc3ccccc3C(=O)O)c2O)cc1. The van der Waals surface area contributed by atoms with Crippen LogP contribution < -0.4 is 0 Å². The summed E-state index contributed by atoms with van der Waals surface area (Å²) >= 11 is 1.09. The van der Waals surface area contributed by atoms with Crippen LogP contribution in [0.3, 0.4) is 0 Å². The molecule has 0 radical (unpaired) electrons. The molecule has 0 aliphatic rings. The molecule has 3 N–H and O–H groups in total. The minimum Gasteiger partial charge on any atom is -0.494 e. The third-order valence-electron chi connectivity index (χ3n) is 3.55. The molecular weight excluding hydrogens is 326 g/mol. The van der Waals surface area contributed by atoms with Crippen LogP contribution in [0.4, 0.5) is 0 Å². The molecule has 2 aromatic carbocycles. The molecule has 1 heterocycles. The van der Waals surface area contributed by atoms with Crippen molar-refractivity contribution in [3.05, 3.63) is 65.7 Å². The normalized spacial score (nSPS) is 10.7. The van der Waals surface area contributed by atoms with Crippen molar-refractivity contribution in [1.29, 1.82) is 0 Å². The van der Waals surface area contributed by atoms with Gasteiger partial charge in [-0.05, 0) is 31.2 Å². The molecule has 0 saturated heterocycles. The summed E-state index contributed by atoms with van der Waals surface area (Å²) in [5.74, 6) is -1.30. The van der Waals surface area contributed by atoms with E-state index in [0.717, 1.165) is 17.3 Å². The van der Waals surface area contributed by atoms with Crippen LogP contribution in [-0.2, 0) is 0 Å². The molecule has 5 nitrogen and oxygen atoms in total. The number of aromatic carboxylic acids is 1. The van der Waals surface area contributed by atoms with E-state index in [1.165, 1.54) is 16.7 Å². The molecule has 0 unspecified atom stereocenters. The lowest BCUT2D eigenvalue weighted by atomic mass is 10.2. The predicted molar refractivity (Wildman–Crippen MR) is 91.4 cm³/mol. The Balaban J connectivity index is 2.01. The van der Waals surface area contributed by atoms with Crippen LogP contribution in [0.2, 0.25) is 0 Å². The molecule has 0 saturated carbocycles. The van der Waals surface area contributed by atoms with Crippen LogP contribution in [0.1, 0.15) is 15.9 Å². The fourth-order valence-corrected chi connectivity index (χ4v) is 3.34. The molecule has 122 valence electrons. The first-order chi connectivity index (χ1) is 11.5. The summed E-state index contributed by atoms with van der Waals surface area (Å²) < 4.78 is 1.31. The van der Waals surface area contributed by atoms with Crippen molar-refractivity contribution in [3.8, 4) is 17.4 Å². The zero-order valence-corrected chi connectivity index (χ0v) is 13.6. The Morgan fingerprint density at radius 1 is 1.00 bits per heavy atom. The smallest absolute Gasteiger partial charge is 0.336 e. The number of aryl methyl sites for hydroxylation is 1. The minimum atomic E-state index is -1.04. The van der Waals surface area contributed by atoms with Gasteiger partial charge in [0.2, 0.25) is 5.88 Å². The number of rotatable bonds is 4. The van der Waals surface area contributed by atoms with Crippen molar-refractivity contribution in [2.24, 2.45) is 0 Å². The van der Waals surface area contributed by atoms with E-state index < -0.39 is 5.97 Å². The van der Waals surface area contributed by atoms with Gasteiger partial charge in [-0.15, -0.1) is 0 Å². The first-order valence-electron chi connectivity index (χ1n) is 7.18. The summed E-state index contributed by atoms with van der Waals surface area (Å²) in [6, 6.07) is 15.3. The van der Waals surface area contributed by atoms with Gasteiger partial charge in [-0.25, -0.2) is 4.79 Å². The molecule has 0 atom stereocenters. The van der Waals surface area contributed by atoms with Crippen molar-refractivity contribution >= 4 is 17.7 Å². The van der Waals surface area contributed by atoms with Crippen LogP contribution in [0.15, 0.2) is 64.4 Å². The summed E-state index contributed by atoms with van der Waals surface area (Å²) in [5.41, 5.74) is 1.83. The Morgan fingerprint density at radius 3 is 2.33 bits per heavy atom. The number of aromatic nitrogens is 1. The van der Waals surface area contributed by atoms with Gasteiger partial charge in [0, 0.05) is 11.0 Å². The molecule has 3 aromatic rings. The molecular formula is C18H15NO4S. The van der Waals surface area contributed by atoms with Gasteiger partial charge in [0.25, 0.3) is 0 Å². The van der Waals surface area contributed by atoms with E-state index in [9.17, 15) is 20.1 Å². The van der Waals surface area contributed by atoms with Crippen molar-refractivity contribution in [2.45, 2.75) is 16.7 Å². The highest BCUT2D eigenvalue weighted by atomic mass is 32.2. The van der Waals surface area contributed by atoms with Gasteiger partial charge in [0.15, 0.2) is 5.88 Å². The zero-order valence-electron chi connectivity index (χ0n) is 12.8. The van der Waals surface area contributed by atoms with E-state index >= 15 is 0 Å². The predicted octanol–water partition coefficient (Wildman–Crippen LogP) is 4.05. The average molecular weight is 341 g/mol. The second-order valence-electron chi connectivity index (χ2n) is 5.26. The van der Waals surface area contributed by atoms with Crippen molar-refractivity contribution in [1.82, 2.24) is 4.57 Å². The van der Waals surface area contributed by atoms with E-state index in [-0.39, 0.29) is 17.3 Å². The van der Waals surface area contributed by atoms with Crippen molar-refractivity contribution in [3.63, 3.8) is 0 Å². The van der Waals surface area contributed by atoms with Crippen LogP contribution in [-0.4, -0.2) is 25.9 Å². The fraction of sp³-hybridized carbons (Fsp3) is 0.0556. The van der Waals surface area contributed by atoms with Gasteiger partial charge in [-0.2, -0.15) is 0 Å². The third kappa shape index (κ3) is 2.96. The van der Waals surface area contributed by atoms with Crippen LogP contribution in [0.25, 0.3) is 5.69 Å². The van der Waals surface area contributed by atoms with Gasteiger partial charge >= 0.3 is 5.97 Å². The molecule has 3 rings (SSSR count). The standard InChI is InChI=1S/C18H15NO4S/c1-11-6-8-12(9-7-11)19-16(20)10-15(17(19)21)24-14-5-3-2-4-13(14)18(22)23/h2-10,20-21H,1H3,(H,22,23). The number of hydrogen-bond donors (Lipinski definition) is 3. The summed E-state index contributed by atoms with van der Waals surface area (Å²) in [4.78, 5) is 12.2. The molecule has 0 spiro atoms. The summed E-state index contributed by atoms with van der Waals surface area (Å²) in [5, 5.41) is 29.9. The molecule has 1 aromatic heterocycles. The maximum atomic E-state index is 11.3. The summed E-state index contributed by atoms with van der Waals surface area (Å²) in [6.07, 6.45) is 0. The minimum absolute atomic E-state index is 0.119. The highest BCUT2D eigenvalue weighted by Crippen LogP contribution is 2.42. The molecule has 6 heteroatoms. The first kappa shape index (κ1) is 16.0. The lowest BCUT2D eigenvalue weighted by Crippen LogP contribution is -1.97. The van der Waals surface area contributed by atoms with E-state index in [1.807, 2.05) is 19.1 Å². The number of carboxylic acids is 1. The zero-order chi connectivity index (χ0) is 17.3. The third-order valence-corrected chi connectivity index (χ3v) is 4.65. The van der Waals surface area contributed by atoms with Crippen LogP contribution in [0, 0.1) is 6.92 Å². The molecule has 0 fully saturated rings. The Hall–Kier alpha value is -2.86. The Kier molecular flexibility index (Phi) is 4.22. The van der Waals surface area contributed by atoms with Crippen LogP contribution >= 0.6 is 11.8 Å². The largest absolute Gasteiger partial charge is 0.494 e. The number of hydrogen-bond acceptors (Lipinski definition) is 4. The highest BCUT2D eigenvalue weighted by Gasteiger charge is 2.18. The lowest BCUT2D eigenvalue weighted by molar-refractivity contribution is 0.0693. The summed E-state index contributed by atoms with van der Waals surface area (Å²) in [6.45, 7) is 1.95. The fourth-order valence-electron chi connectivity index (χ4n) is 2.34. The molecule has 0 bridgehead atoms. The molecule has 0 aliphatic heterocycles. The molecule has 0 aliphatic carbocycles. The Labute approximate surface area is 142 Å². The van der Waals surface area contributed by atoms with Crippen molar-refractivity contribution < 1.29 is 20.1 Å². The molecule has 0 amide bonds. The topological polar surface area (TPSA) is 82.7 Å². The van der Waals surface area contributed by atoms with Gasteiger partial charge < -0.3 is 15.3 Å². The van der Waals surface area contributed by atoms with Crippen LogP contribution in [0.5, 0.6) is 11.8 Å². The van der Waals surface area contributed by atoms with E-state index in [0.29, 0.717) is 15.5 Å². The average Bonchev–Trinajstić information content (AvgIpc) is 2.83. The van der Waals surface area contributed by atoms with Gasteiger partial charge in [-0.3, -0.25) is 4.57 Å². The maximum absolute atomic E-state index is 11.3. The number of carbonyl (C=O) groups is 1. The van der Waals surface area contributed by atoms with Gasteiger partial charge in [0.05, 0.1) is 16.1 Å². The van der Waals surface area contributed by atoms with Gasteiger partial charge in [0.1, 0.15) is 0 Å². The van der Waals surface area contributed by atoms with E-state index in [4.69, 9.17) is 0 Å². The van der Waals surface area contributed by atoms with E-state index in [1.54, 1.807) is 30.3 Å². The Bertz CT molecular complexity index is 900. The summed E-state index contributed by atoms with van der Waals surface area (Å²) in [7, 11) is 0. The number of benzene rings is 2. The second kappa shape index (κ2) is 6.33. The highest BCUT2D eigenvalue weighted by molar-refractivity contribution is 7.99. The monoisotopic (exact) mass is 341 g/mol. The molecule has 24 heavy (non-hydrogen) atoms. The van der Waals surface area contributed by atoms with Gasteiger partial charge in [-0.1, -0.05) is 41.6 Å². The second-order valence-corrected chi connectivity index (χ2v) is 6.35. The van der Waals surface area contributed by atoms with Crippen molar-refractivity contribution in [2.75, 3.05) is 0 Å². The lowest BCUT2D eigenvalue weighted by Gasteiger charge is -2.08. The quantitative estimate of drug-likeness (QED) is 0.667. The number of nitrogens with zero attached hydrogens (tertiary/aromatic N) is 1. The maximum Gasteiger partial charge on any atom is 0.336 e. The number of carboxylic acid groups (broad SMARTS) is 1. The first-order valence-corrected chi connectivity index (χ1v) is 8.00. The Morgan fingerprint density at radius 2 is 1.67 bits per heavy atom. The van der Waals surface area contributed by atoms with E-state index in [2.05, 4.69) is 0 Å².